The number of unbranched alkanes of at least 4 members (excludes halogenated alkanes) is 7. The summed E-state index contributed by atoms with van der Waals surface area (Å²) in [5, 5.41) is 0. The topological polar surface area (TPSA) is 80.3 Å². The highest BCUT2D eigenvalue weighted by Gasteiger charge is 2.52. The van der Waals surface area contributed by atoms with Crippen LogP contribution in [0.4, 0.5) is 0 Å². The van der Waals surface area contributed by atoms with E-state index in [1.54, 1.807) is 27.7 Å². The summed E-state index contributed by atoms with van der Waals surface area (Å²) in [7, 11) is -7.64. The summed E-state index contributed by atoms with van der Waals surface area (Å²) in [6.07, 6.45) is 9.18. The van der Waals surface area contributed by atoms with Crippen molar-refractivity contribution in [2.24, 2.45) is 0 Å². The molecule has 0 aliphatic carbocycles. The maximum absolute atomic E-state index is 13.3. The molecule has 0 aliphatic heterocycles. The maximum Gasteiger partial charge on any atom is 0.371 e. The van der Waals surface area contributed by atoms with E-state index in [0.29, 0.717) is 6.61 Å². The molecule has 170 valence electrons. The molecular formula is C19H42O7P2. The molecule has 0 aromatic carbocycles. The lowest BCUT2D eigenvalue weighted by molar-refractivity contribution is 0.0791. The zero-order chi connectivity index (χ0) is 21.3. The molecule has 0 heterocycles. The van der Waals surface area contributed by atoms with E-state index in [2.05, 4.69) is 6.92 Å². The minimum atomic E-state index is -3.82. The maximum atomic E-state index is 13.3. The fourth-order valence-corrected chi connectivity index (χ4v) is 7.69. The first-order chi connectivity index (χ1) is 13.4. The van der Waals surface area contributed by atoms with Crippen LogP contribution in [0.2, 0.25) is 0 Å². The normalized spacial score (nSPS) is 12.8. The van der Waals surface area contributed by atoms with E-state index in [0.717, 1.165) is 19.3 Å². The summed E-state index contributed by atoms with van der Waals surface area (Å²) < 4.78 is 53.9. The molecule has 0 spiro atoms. The molecule has 28 heavy (non-hydrogen) atoms. The molecular weight excluding hydrogens is 402 g/mol. The number of hydrogen-bond acceptors (Lipinski definition) is 7. The lowest BCUT2D eigenvalue weighted by atomic mass is 10.1. The van der Waals surface area contributed by atoms with Gasteiger partial charge in [0.05, 0.1) is 26.4 Å². The lowest BCUT2D eigenvalue weighted by Crippen LogP contribution is -2.21. The Bertz CT molecular complexity index is 410. The minimum Gasteiger partial charge on any atom is -0.355 e. The summed E-state index contributed by atoms with van der Waals surface area (Å²) in [6.45, 7) is 9.90. The van der Waals surface area contributed by atoms with E-state index in [9.17, 15) is 9.13 Å². The van der Waals surface area contributed by atoms with E-state index < -0.39 is 20.8 Å². The van der Waals surface area contributed by atoms with E-state index >= 15 is 0 Å². The van der Waals surface area contributed by atoms with Crippen molar-refractivity contribution < 1.29 is 32.0 Å². The van der Waals surface area contributed by atoms with Crippen molar-refractivity contribution in [2.45, 2.75) is 91.6 Å². The average molecular weight is 444 g/mol. The van der Waals surface area contributed by atoms with Gasteiger partial charge >= 0.3 is 15.2 Å². The Kier molecular flexibility index (Phi) is 17.2. The van der Waals surface area contributed by atoms with Gasteiger partial charge < -0.3 is 22.8 Å². The second-order valence-electron chi connectivity index (χ2n) is 6.42. The molecule has 7 nitrogen and oxygen atoms in total. The van der Waals surface area contributed by atoms with Gasteiger partial charge in [0, 0.05) is 6.61 Å². The van der Waals surface area contributed by atoms with Crippen LogP contribution in [-0.4, -0.2) is 38.6 Å². The Morgan fingerprint density at radius 3 is 1.29 bits per heavy atom. The third-order valence-corrected chi connectivity index (χ3v) is 9.59. The highest BCUT2D eigenvalue weighted by molar-refractivity contribution is 7.72. The Morgan fingerprint density at radius 1 is 0.571 bits per heavy atom. The first kappa shape index (κ1) is 28.3. The first-order valence-corrected chi connectivity index (χ1v) is 14.1. The van der Waals surface area contributed by atoms with Gasteiger partial charge in [-0.2, -0.15) is 0 Å². The van der Waals surface area contributed by atoms with Crippen molar-refractivity contribution in [3.63, 3.8) is 0 Å². The number of ether oxygens (including phenoxy) is 1. The van der Waals surface area contributed by atoms with Gasteiger partial charge in [-0.25, -0.2) is 0 Å². The fourth-order valence-electron chi connectivity index (χ4n) is 2.83. The van der Waals surface area contributed by atoms with Crippen molar-refractivity contribution in [3.05, 3.63) is 0 Å². The molecule has 0 aromatic rings. The van der Waals surface area contributed by atoms with Crippen molar-refractivity contribution in [3.8, 4) is 0 Å². The van der Waals surface area contributed by atoms with Gasteiger partial charge in [-0.1, -0.05) is 51.9 Å². The van der Waals surface area contributed by atoms with Gasteiger partial charge in [0.1, 0.15) is 0 Å². The molecule has 0 amide bonds. The van der Waals surface area contributed by atoms with E-state index in [1.165, 1.54) is 32.1 Å². The van der Waals surface area contributed by atoms with E-state index in [4.69, 9.17) is 22.8 Å². The standard InChI is InChI=1S/C19H42O7P2/c1-6-11-12-13-14-15-16-17-18-22-19(27(20,23-7-2)24-8-3)28(21,25-9-4)26-10-5/h19H,6-18H2,1-5H3. The fraction of sp³-hybridized carbons (Fsp3) is 1.00. The van der Waals surface area contributed by atoms with Gasteiger partial charge in [-0.3, -0.25) is 9.13 Å². The minimum absolute atomic E-state index is 0.146. The quantitative estimate of drug-likeness (QED) is 0.148. The third-order valence-electron chi connectivity index (χ3n) is 4.04. The molecule has 0 unspecified atom stereocenters. The van der Waals surface area contributed by atoms with Crippen LogP contribution in [-0.2, 0) is 32.0 Å². The van der Waals surface area contributed by atoms with Crippen LogP contribution in [0.3, 0.4) is 0 Å². The summed E-state index contributed by atoms with van der Waals surface area (Å²) in [5.74, 6) is 0. The van der Waals surface area contributed by atoms with Gasteiger partial charge in [0.2, 0.25) is 0 Å². The van der Waals surface area contributed by atoms with Gasteiger partial charge in [-0.05, 0) is 34.1 Å². The zero-order valence-corrected chi connectivity index (χ0v) is 20.3. The molecule has 0 saturated heterocycles. The Morgan fingerprint density at radius 2 is 0.929 bits per heavy atom. The summed E-state index contributed by atoms with van der Waals surface area (Å²) >= 11 is 0. The number of hydrogen-bond donors (Lipinski definition) is 0. The predicted octanol–water partition coefficient (Wildman–Crippen LogP) is 6.96. The van der Waals surface area contributed by atoms with Crippen LogP contribution < -0.4 is 0 Å². The molecule has 0 rings (SSSR count). The smallest absolute Gasteiger partial charge is 0.355 e. The summed E-state index contributed by atoms with van der Waals surface area (Å²) in [4.78, 5) is 0. The van der Waals surface area contributed by atoms with Crippen molar-refractivity contribution in [1.29, 1.82) is 0 Å². The van der Waals surface area contributed by atoms with Gasteiger partial charge in [-0.15, -0.1) is 0 Å². The van der Waals surface area contributed by atoms with Crippen molar-refractivity contribution >= 4 is 15.2 Å². The lowest BCUT2D eigenvalue weighted by Gasteiger charge is -2.31. The van der Waals surface area contributed by atoms with Crippen molar-refractivity contribution in [2.75, 3.05) is 33.0 Å². The SMILES string of the molecule is CCCCCCCCCCOC(P(=O)(OCC)OCC)P(=O)(OCC)OCC. The molecule has 0 radical (unpaired) electrons. The van der Waals surface area contributed by atoms with Crippen molar-refractivity contribution in [1.82, 2.24) is 0 Å². The molecule has 0 aromatic heterocycles. The zero-order valence-electron chi connectivity index (χ0n) is 18.5. The molecule has 0 atom stereocenters. The van der Waals surface area contributed by atoms with Crippen LogP contribution >= 0.6 is 15.2 Å². The Hall–Kier alpha value is 0.260. The molecule has 0 saturated carbocycles. The van der Waals surface area contributed by atoms with Crippen LogP contribution in [0.15, 0.2) is 0 Å². The molecule has 0 N–H and O–H groups in total. The first-order valence-electron chi connectivity index (χ1n) is 10.8. The molecule has 0 aliphatic rings. The highest BCUT2D eigenvalue weighted by Crippen LogP contribution is 2.70. The number of rotatable bonds is 20. The summed E-state index contributed by atoms with van der Waals surface area (Å²) in [5.41, 5.74) is -1.37. The van der Waals surface area contributed by atoms with Gasteiger partial charge in [0.25, 0.3) is 5.59 Å². The van der Waals surface area contributed by atoms with Crippen LogP contribution in [0, 0.1) is 0 Å². The molecule has 0 fully saturated rings. The predicted molar refractivity (Wildman–Crippen MR) is 114 cm³/mol. The Labute approximate surface area is 172 Å². The molecule has 0 bridgehead atoms. The van der Waals surface area contributed by atoms with Crippen LogP contribution in [0.1, 0.15) is 86.0 Å². The largest absolute Gasteiger partial charge is 0.371 e. The van der Waals surface area contributed by atoms with Crippen LogP contribution in [0.5, 0.6) is 0 Å². The van der Waals surface area contributed by atoms with E-state index in [-0.39, 0.29) is 26.4 Å². The van der Waals surface area contributed by atoms with Crippen LogP contribution in [0.25, 0.3) is 0 Å². The average Bonchev–Trinajstić information content (AvgIpc) is 2.64. The van der Waals surface area contributed by atoms with Gasteiger partial charge in [0.15, 0.2) is 0 Å². The van der Waals surface area contributed by atoms with E-state index in [1.807, 2.05) is 0 Å². The summed E-state index contributed by atoms with van der Waals surface area (Å²) in [6, 6.07) is 0. The monoisotopic (exact) mass is 444 g/mol. The Balaban J connectivity index is 4.91. The molecule has 9 heteroatoms. The second kappa shape index (κ2) is 17.0. The highest BCUT2D eigenvalue weighted by atomic mass is 31.2. The third kappa shape index (κ3) is 10.9. The second-order valence-corrected chi connectivity index (χ2v) is 11.0.